The van der Waals surface area contributed by atoms with E-state index in [0.29, 0.717) is 12.5 Å². The highest BCUT2D eigenvalue weighted by molar-refractivity contribution is 5.82. The molecule has 0 fully saturated rings. The predicted molar refractivity (Wildman–Crippen MR) is 85.9 cm³/mol. The van der Waals surface area contributed by atoms with Crippen LogP contribution in [0.4, 0.5) is 0 Å². The summed E-state index contributed by atoms with van der Waals surface area (Å²) in [5.74, 6) is 2.24. The molecule has 0 aliphatic carbocycles. The third kappa shape index (κ3) is 4.16. The topological polar surface area (TPSA) is 18.5 Å². The van der Waals surface area contributed by atoms with Crippen molar-refractivity contribution in [1.29, 1.82) is 0 Å². The van der Waals surface area contributed by atoms with E-state index < -0.39 is 0 Å². The highest BCUT2D eigenvalue weighted by Gasteiger charge is 2.14. The van der Waals surface area contributed by atoms with Crippen molar-refractivity contribution in [2.45, 2.75) is 34.6 Å². The third-order valence-electron chi connectivity index (χ3n) is 3.06. The van der Waals surface area contributed by atoms with E-state index in [-0.39, 0.29) is 0 Å². The van der Waals surface area contributed by atoms with Crippen molar-refractivity contribution in [2.75, 3.05) is 13.7 Å². The highest BCUT2D eigenvalue weighted by atomic mass is 16.5. The van der Waals surface area contributed by atoms with Gasteiger partial charge in [0.05, 0.1) is 13.7 Å². The van der Waals surface area contributed by atoms with Crippen LogP contribution in [0.5, 0.6) is 5.75 Å². The molecule has 0 aromatic heterocycles. The lowest BCUT2D eigenvalue weighted by atomic mass is 9.96. The second-order valence-corrected chi connectivity index (χ2v) is 5.62. The quantitative estimate of drug-likeness (QED) is 0.538. The zero-order valence-corrected chi connectivity index (χ0v) is 13.5. The van der Waals surface area contributed by atoms with Gasteiger partial charge in [-0.3, -0.25) is 0 Å². The molecule has 0 unspecified atom stereocenters. The zero-order chi connectivity index (χ0) is 15.3. The van der Waals surface area contributed by atoms with Crippen LogP contribution in [0.3, 0.4) is 0 Å². The summed E-state index contributed by atoms with van der Waals surface area (Å²) >= 11 is 0. The summed E-state index contributed by atoms with van der Waals surface area (Å²) in [6.07, 6.45) is 0. The van der Waals surface area contributed by atoms with Gasteiger partial charge in [-0.15, -0.1) is 0 Å². The van der Waals surface area contributed by atoms with Gasteiger partial charge >= 0.3 is 0 Å². The minimum absolute atomic E-state index is 0.491. The maximum absolute atomic E-state index is 5.95. The van der Waals surface area contributed by atoms with E-state index in [1.54, 1.807) is 7.11 Å². The molecule has 0 bridgehead atoms. The number of benzene rings is 1. The maximum Gasteiger partial charge on any atom is 0.127 e. The summed E-state index contributed by atoms with van der Waals surface area (Å²) < 4.78 is 11.4. The Bertz CT molecular complexity index is 510. The van der Waals surface area contributed by atoms with Crippen LogP contribution >= 0.6 is 0 Å². The number of hydrogen-bond donors (Lipinski definition) is 0. The number of hydrogen-bond acceptors (Lipinski definition) is 2. The maximum atomic E-state index is 5.95. The minimum atomic E-state index is 0.491. The minimum Gasteiger partial charge on any atom is -0.501 e. The lowest BCUT2D eigenvalue weighted by Crippen LogP contribution is -2.07. The Balaban J connectivity index is 3.32. The van der Waals surface area contributed by atoms with Gasteiger partial charge in [0.2, 0.25) is 0 Å². The Labute approximate surface area is 123 Å². The van der Waals surface area contributed by atoms with Gasteiger partial charge < -0.3 is 9.47 Å². The molecular formula is C18H26O2. The van der Waals surface area contributed by atoms with Gasteiger partial charge in [0.15, 0.2) is 0 Å². The van der Waals surface area contributed by atoms with Gasteiger partial charge in [-0.2, -0.15) is 0 Å². The molecule has 0 amide bonds. The van der Waals surface area contributed by atoms with Crippen molar-refractivity contribution in [3.8, 4) is 5.75 Å². The summed E-state index contributed by atoms with van der Waals surface area (Å²) in [5.41, 5.74) is 4.25. The first kappa shape index (κ1) is 16.4. The molecule has 0 aliphatic rings. The molecule has 0 heterocycles. The number of allylic oxidation sites excluding steroid dienone is 3. The van der Waals surface area contributed by atoms with Gasteiger partial charge in [0.1, 0.15) is 11.5 Å². The first-order valence-corrected chi connectivity index (χ1v) is 7.01. The molecule has 0 N–H and O–H groups in total. The van der Waals surface area contributed by atoms with E-state index in [2.05, 4.69) is 39.5 Å². The molecule has 1 aromatic rings. The van der Waals surface area contributed by atoms with E-state index in [4.69, 9.17) is 9.47 Å². The first-order chi connectivity index (χ1) is 9.36. The van der Waals surface area contributed by atoms with Crippen molar-refractivity contribution < 1.29 is 9.47 Å². The standard InChI is InChI=1S/C18H26O2/c1-12(2)11-20-17-9-8-14(5)10-16(17)18(13(3)4)15(6)19-7/h8-10,12H,3,11H2,1-2,4-7H3/b18-15+. The Kier molecular flexibility index (Phi) is 5.87. The lowest BCUT2D eigenvalue weighted by Gasteiger charge is -2.18. The molecule has 0 saturated carbocycles. The fourth-order valence-corrected chi connectivity index (χ4v) is 2.04. The summed E-state index contributed by atoms with van der Waals surface area (Å²) in [5, 5.41) is 0. The summed E-state index contributed by atoms with van der Waals surface area (Å²) in [7, 11) is 1.68. The normalized spacial score (nSPS) is 12.2. The number of rotatable bonds is 6. The Morgan fingerprint density at radius 1 is 1.25 bits per heavy atom. The SMILES string of the molecule is C=C(C)/C(=C(/C)OC)c1cc(C)ccc1OCC(C)C. The average molecular weight is 274 g/mol. The second-order valence-electron chi connectivity index (χ2n) is 5.62. The number of aryl methyl sites for hydroxylation is 1. The Morgan fingerprint density at radius 2 is 1.90 bits per heavy atom. The van der Waals surface area contributed by atoms with E-state index in [9.17, 15) is 0 Å². The van der Waals surface area contributed by atoms with E-state index in [1.165, 1.54) is 5.56 Å². The van der Waals surface area contributed by atoms with Crippen molar-refractivity contribution in [1.82, 2.24) is 0 Å². The van der Waals surface area contributed by atoms with Gasteiger partial charge in [-0.05, 0) is 44.4 Å². The third-order valence-corrected chi connectivity index (χ3v) is 3.06. The van der Waals surface area contributed by atoms with Crippen molar-refractivity contribution >= 4 is 5.57 Å². The predicted octanol–water partition coefficient (Wildman–Crippen LogP) is 4.98. The van der Waals surface area contributed by atoms with Crippen LogP contribution in [0.25, 0.3) is 5.57 Å². The summed E-state index contributed by atoms with van der Waals surface area (Å²) in [4.78, 5) is 0. The van der Waals surface area contributed by atoms with Gasteiger partial charge in [0.25, 0.3) is 0 Å². The van der Waals surface area contributed by atoms with Crippen molar-refractivity contribution in [2.24, 2.45) is 5.92 Å². The van der Waals surface area contributed by atoms with Gasteiger partial charge in [-0.25, -0.2) is 0 Å². The smallest absolute Gasteiger partial charge is 0.127 e. The largest absolute Gasteiger partial charge is 0.501 e. The lowest BCUT2D eigenvalue weighted by molar-refractivity contribution is 0.269. The Morgan fingerprint density at radius 3 is 2.40 bits per heavy atom. The molecule has 0 radical (unpaired) electrons. The number of methoxy groups -OCH3 is 1. The fraction of sp³-hybridized carbons (Fsp3) is 0.444. The average Bonchev–Trinajstić information content (AvgIpc) is 2.37. The molecule has 1 aromatic carbocycles. The molecule has 1 rings (SSSR count). The molecule has 2 heteroatoms. The summed E-state index contributed by atoms with van der Waals surface area (Å²) in [6.45, 7) is 15.1. The highest BCUT2D eigenvalue weighted by Crippen LogP contribution is 2.34. The molecule has 0 aliphatic heterocycles. The van der Waals surface area contributed by atoms with Crippen LogP contribution in [0, 0.1) is 12.8 Å². The van der Waals surface area contributed by atoms with Gasteiger partial charge in [0, 0.05) is 11.1 Å². The van der Waals surface area contributed by atoms with E-state index in [1.807, 2.05) is 19.9 Å². The molecule has 2 nitrogen and oxygen atoms in total. The van der Waals surface area contributed by atoms with E-state index >= 15 is 0 Å². The van der Waals surface area contributed by atoms with Crippen LogP contribution in [-0.4, -0.2) is 13.7 Å². The molecule has 0 spiro atoms. The van der Waals surface area contributed by atoms with Gasteiger partial charge in [-0.1, -0.05) is 32.1 Å². The molecule has 20 heavy (non-hydrogen) atoms. The number of ether oxygens (including phenoxy) is 2. The Hall–Kier alpha value is -1.70. The van der Waals surface area contributed by atoms with Crippen molar-refractivity contribution in [3.05, 3.63) is 47.2 Å². The van der Waals surface area contributed by atoms with Crippen LogP contribution in [0.2, 0.25) is 0 Å². The summed E-state index contributed by atoms with van der Waals surface area (Å²) in [6, 6.07) is 6.22. The molecular weight excluding hydrogens is 248 g/mol. The van der Waals surface area contributed by atoms with Crippen LogP contribution in [0.1, 0.15) is 38.8 Å². The van der Waals surface area contributed by atoms with Crippen LogP contribution in [0.15, 0.2) is 36.1 Å². The van der Waals surface area contributed by atoms with Crippen molar-refractivity contribution in [3.63, 3.8) is 0 Å². The fourth-order valence-electron chi connectivity index (χ4n) is 2.04. The first-order valence-electron chi connectivity index (χ1n) is 7.01. The molecule has 0 saturated heterocycles. The van der Waals surface area contributed by atoms with Crippen LogP contribution in [-0.2, 0) is 4.74 Å². The van der Waals surface area contributed by atoms with Crippen LogP contribution < -0.4 is 4.74 Å². The molecule has 110 valence electrons. The zero-order valence-electron chi connectivity index (χ0n) is 13.5. The monoisotopic (exact) mass is 274 g/mol. The van der Waals surface area contributed by atoms with E-state index in [0.717, 1.165) is 28.2 Å². The molecule has 0 atom stereocenters. The second kappa shape index (κ2) is 7.18.